The molecule has 5 fully saturated rings. The first kappa shape index (κ1) is 17.8. The van der Waals surface area contributed by atoms with Gasteiger partial charge in [0.2, 0.25) is 0 Å². The second-order valence-corrected chi connectivity index (χ2v) is 10.6. The zero-order valence-electron chi connectivity index (χ0n) is 16.0. The summed E-state index contributed by atoms with van der Waals surface area (Å²) < 4.78 is 6.24. The topological polar surface area (TPSA) is 110 Å². The molecule has 1 saturated heterocycles. The standard InChI is InChI=1S/C20H32O6/c1-9(7-21)11-5-13-16(3)8-19(24)17(11,4)20(13,25)15(26-19)14-10(2)12(22)6-18(14,16)23/h9-15,21-25H,5-8H2,1-4H3/t9?,10?,11-,12-,13-,14-,15+,16+,17+,18+,19?,20+/m0/s1. The number of fused-ring (bicyclic) bond motifs is 3. The zero-order chi connectivity index (χ0) is 19.1. The molecule has 0 aromatic carbocycles. The van der Waals surface area contributed by atoms with E-state index in [9.17, 15) is 25.5 Å². The maximum absolute atomic E-state index is 12.1. The summed E-state index contributed by atoms with van der Waals surface area (Å²) in [7, 11) is 0. The Balaban J connectivity index is 1.77. The molecule has 26 heavy (non-hydrogen) atoms. The fraction of sp³-hybridized carbons (Fsp3) is 1.00. The fourth-order valence-corrected chi connectivity index (χ4v) is 8.62. The van der Waals surface area contributed by atoms with E-state index in [-0.39, 0.29) is 43.1 Å². The van der Waals surface area contributed by atoms with Crippen molar-refractivity contribution in [1.29, 1.82) is 0 Å². The van der Waals surface area contributed by atoms with Crippen LogP contribution in [0.25, 0.3) is 0 Å². The van der Waals surface area contributed by atoms with Crippen molar-refractivity contribution in [3.63, 3.8) is 0 Å². The second kappa shape index (κ2) is 4.50. The maximum atomic E-state index is 12.1. The van der Waals surface area contributed by atoms with Gasteiger partial charge >= 0.3 is 0 Å². The summed E-state index contributed by atoms with van der Waals surface area (Å²) in [4.78, 5) is 0. The molecule has 0 aromatic heterocycles. The predicted octanol–water partition coefficient (Wildman–Crippen LogP) is 0.247. The third-order valence-corrected chi connectivity index (χ3v) is 10.1. The van der Waals surface area contributed by atoms with E-state index in [4.69, 9.17) is 4.74 Å². The van der Waals surface area contributed by atoms with E-state index in [1.807, 2.05) is 27.7 Å². The van der Waals surface area contributed by atoms with Crippen LogP contribution in [0.2, 0.25) is 0 Å². The molecule has 0 aromatic rings. The normalized spacial score (nSPS) is 69.1. The average molecular weight is 368 g/mol. The van der Waals surface area contributed by atoms with Crippen LogP contribution >= 0.6 is 0 Å². The van der Waals surface area contributed by atoms with Gasteiger partial charge in [0.25, 0.3) is 0 Å². The van der Waals surface area contributed by atoms with Gasteiger partial charge in [-0.3, -0.25) is 0 Å². The van der Waals surface area contributed by atoms with Crippen LogP contribution in [0.5, 0.6) is 0 Å². The summed E-state index contributed by atoms with van der Waals surface area (Å²) in [5, 5.41) is 56.0. The number of aliphatic hydroxyl groups is 5. The molecular formula is C20H32O6. The Hall–Kier alpha value is -0.240. The molecule has 0 amide bonds. The van der Waals surface area contributed by atoms with Gasteiger partial charge in [-0.15, -0.1) is 0 Å². The van der Waals surface area contributed by atoms with Gasteiger partial charge in [0, 0.05) is 30.8 Å². The zero-order valence-corrected chi connectivity index (χ0v) is 16.0. The van der Waals surface area contributed by atoms with Crippen LogP contribution in [-0.2, 0) is 4.74 Å². The Morgan fingerprint density at radius 3 is 2.46 bits per heavy atom. The summed E-state index contributed by atoms with van der Waals surface area (Å²) in [5.41, 5.74) is -4.08. The third kappa shape index (κ3) is 1.37. The van der Waals surface area contributed by atoms with Crippen LogP contribution in [0.3, 0.4) is 0 Å². The van der Waals surface area contributed by atoms with E-state index in [1.54, 1.807) is 0 Å². The van der Waals surface area contributed by atoms with Crippen LogP contribution in [0, 0.1) is 40.4 Å². The molecule has 12 atom stereocenters. The molecule has 6 nitrogen and oxygen atoms in total. The maximum Gasteiger partial charge on any atom is 0.175 e. The third-order valence-electron chi connectivity index (χ3n) is 10.1. The quantitative estimate of drug-likeness (QED) is 0.478. The van der Waals surface area contributed by atoms with E-state index < -0.39 is 45.9 Å². The Morgan fingerprint density at radius 2 is 1.85 bits per heavy atom. The van der Waals surface area contributed by atoms with Crippen LogP contribution in [0.4, 0.5) is 0 Å². The largest absolute Gasteiger partial charge is 0.396 e. The van der Waals surface area contributed by atoms with Gasteiger partial charge < -0.3 is 30.3 Å². The molecule has 3 unspecified atom stereocenters. The number of aliphatic hydroxyl groups excluding tert-OH is 2. The summed E-state index contributed by atoms with van der Waals surface area (Å²) in [5.74, 6) is -2.57. The predicted molar refractivity (Wildman–Crippen MR) is 91.7 cm³/mol. The van der Waals surface area contributed by atoms with Gasteiger partial charge in [-0.1, -0.05) is 27.7 Å². The molecule has 4 saturated carbocycles. The van der Waals surface area contributed by atoms with Crippen LogP contribution in [-0.4, -0.2) is 61.3 Å². The van der Waals surface area contributed by atoms with Crippen molar-refractivity contribution in [1.82, 2.24) is 0 Å². The highest BCUT2D eigenvalue weighted by Gasteiger charge is 2.92. The van der Waals surface area contributed by atoms with E-state index >= 15 is 0 Å². The van der Waals surface area contributed by atoms with E-state index in [2.05, 4.69) is 0 Å². The van der Waals surface area contributed by atoms with Gasteiger partial charge in [-0.05, 0) is 30.1 Å². The molecule has 5 rings (SSSR count). The van der Waals surface area contributed by atoms with Gasteiger partial charge in [-0.2, -0.15) is 0 Å². The molecule has 0 radical (unpaired) electrons. The number of hydrogen-bond acceptors (Lipinski definition) is 6. The lowest BCUT2D eigenvalue weighted by Crippen LogP contribution is -2.75. The fourth-order valence-electron chi connectivity index (χ4n) is 8.62. The molecule has 148 valence electrons. The number of ether oxygens (including phenoxy) is 1. The van der Waals surface area contributed by atoms with E-state index in [0.717, 1.165) is 0 Å². The first-order chi connectivity index (χ1) is 11.9. The molecule has 5 N–H and O–H groups in total. The van der Waals surface area contributed by atoms with Gasteiger partial charge in [0.1, 0.15) is 5.60 Å². The lowest BCUT2D eigenvalue weighted by molar-refractivity contribution is -0.302. The molecule has 1 heterocycles. The monoisotopic (exact) mass is 368 g/mol. The molecule has 6 heteroatoms. The van der Waals surface area contributed by atoms with Crippen molar-refractivity contribution >= 4 is 0 Å². The van der Waals surface area contributed by atoms with Crippen molar-refractivity contribution in [2.45, 2.75) is 76.2 Å². The Kier molecular flexibility index (Phi) is 3.08. The minimum Gasteiger partial charge on any atom is -0.396 e. The smallest absolute Gasteiger partial charge is 0.175 e. The minimum absolute atomic E-state index is 0.0106. The average Bonchev–Trinajstić information content (AvgIpc) is 2.93. The molecule has 5 bridgehead atoms. The first-order valence-corrected chi connectivity index (χ1v) is 10.1. The van der Waals surface area contributed by atoms with Crippen LogP contribution in [0.15, 0.2) is 0 Å². The van der Waals surface area contributed by atoms with Crippen LogP contribution < -0.4 is 0 Å². The molecule has 0 spiro atoms. The lowest BCUT2D eigenvalue weighted by atomic mass is 9.41. The van der Waals surface area contributed by atoms with Crippen molar-refractivity contribution < 1.29 is 30.3 Å². The van der Waals surface area contributed by atoms with E-state index in [0.29, 0.717) is 6.42 Å². The summed E-state index contributed by atoms with van der Waals surface area (Å²) >= 11 is 0. The highest BCUT2D eigenvalue weighted by molar-refractivity contribution is 5.38. The summed E-state index contributed by atoms with van der Waals surface area (Å²) in [6.45, 7) is 7.72. The molecule has 4 aliphatic carbocycles. The number of hydrogen-bond donors (Lipinski definition) is 5. The Labute approximate surface area is 154 Å². The van der Waals surface area contributed by atoms with Crippen molar-refractivity contribution in [2.24, 2.45) is 40.4 Å². The highest BCUT2D eigenvalue weighted by atomic mass is 16.7. The minimum atomic E-state index is -1.53. The SMILES string of the molecule is CC1[C@@H](O)C[C@@]2(O)[C@@H]1[C@H]1OC3(O)C[C@]2(C)[C@@H]2C[C@@H](C(C)CO)[C@@]3(C)[C@]12O. The van der Waals surface area contributed by atoms with Gasteiger partial charge in [0.05, 0.1) is 23.2 Å². The van der Waals surface area contributed by atoms with Crippen molar-refractivity contribution in [3.8, 4) is 0 Å². The highest BCUT2D eigenvalue weighted by Crippen LogP contribution is 2.83. The molecular weight excluding hydrogens is 336 g/mol. The Bertz CT molecular complexity index is 671. The van der Waals surface area contributed by atoms with Gasteiger partial charge in [-0.25, -0.2) is 0 Å². The first-order valence-electron chi connectivity index (χ1n) is 10.1. The summed E-state index contributed by atoms with van der Waals surface area (Å²) in [6, 6.07) is 0. The van der Waals surface area contributed by atoms with Gasteiger partial charge in [0.15, 0.2) is 5.79 Å². The second-order valence-electron chi connectivity index (χ2n) is 10.6. The Morgan fingerprint density at radius 1 is 1.19 bits per heavy atom. The van der Waals surface area contributed by atoms with E-state index in [1.165, 1.54) is 0 Å². The lowest BCUT2D eigenvalue weighted by Gasteiger charge is -2.64. The van der Waals surface area contributed by atoms with Crippen molar-refractivity contribution in [2.75, 3.05) is 6.61 Å². The van der Waals surface area contributed by atoms with Crippen LogP contribution in [0.1, 0.15) is 47.0 Å². The molecule has 1 aliphatic heterocycles. The van der Waals surface area contributed by atoms with Crippen molar-refractivity contribution in [3.05, 3.63) is 0 Å². The molecule has 5 aliphatic rings. The number of rotatable bonds is 2. The summed E-state index contributed by atoms with van der Waals surface area (Å²) in [6.07, 6.45) is -0.186.